The standard InChI is InChI=1S/C13H21N3/c1-9-5-10(2)8-16(7-9)13-4-3-11(14)6-12(13)15/h3-4,6,9-10H,5,7-8,14-15H2,1-2H3/t9-,10+. The van der Waals surface area contributed by atoms with Crippen molar-refractivity contribution in [2.24, 2.45) is 11.8 Å². The number of nitrogen functional groups attached to an aromatic ring is 2. The second kappa shape index (κ2) is 4.24. The van der Waals surface area contributed by atoms with Gasteiger partial charge in [-0.15, -0.1) is 0 Å². The molecule has 1 aliphatic heterocycles. The minimum absolute atomic E-state index is 0.736. The average molecular weight is 219 g/mol. The van der Waals surface area contributed by atoms with E-state index in [1.807, 2.05) is 18.2 Å². The lowest BCUT2D eigenvalue weighted by Gasteiger charge is -2.37. The van der Waals surface area contributed by atoms with E-state index < -0.39 is 0 Å². The lowest BCUT2D eigenvalue weighted by Crippen LogP contribution is -2.39. The molecule has 4 N–H and O–H groups in total. The molecule has 1 saturated heterocycles. The molecule has 2 atom stereocenters. The molecule has 2 rings (SSSR count). The molecule has 1 aromatic rings. The quantitative estimate of drug-likeness (QED) is 0.713. The molecular weight excluding hydrogens is 198 g/mol. The van der Waals surface area contributed by atoms with Crippen LogP contribution in [0.3, 0.4) is 0 Å². The normalized spacial score (nSPS) is 25.8. The van der Waals surface area contributed by atoms with Gasteiger partial charge in [0.1, 0.15) is 0 Å². The first-order valence-electron chi connectivity index (χ1n) is 5.96. The molecule has 0 radical (unpaired) electrons. The van der Waals surface area contributed by atoms with Crippen LogP contribution in [0.4, 0.5) is 17.1 Å². The highest BCUT2D eigenvalue weighted by Crippen LogP contribution is 2.31. The first-order valence-corrected chi connectivity index (χ1v) is 5.96. The largest absolute Gasteiger partial charge is 0.399 e. The van der Waals surface area contributed by atoms with Crippen LogP contribution in [0.5, 0.6) is 0 Å². The molecule has 0 unspecified atom stereocenters. The van der Waals surface area contributed by atoms with Gasteiger partial charge in [0, 0.05) is 18.8 Å². The Morgan fingerprint density at radius 2 is 1.75 bits per heavy atom. The number of nitrogens with zero attached hydrogens (tertiary/aromatic N) is 1. The van der Waals surface area contributed by atoms with Gasteiger partial charge >= 0.3 is 0 Å². The summed E-state index contributed by atoms with van der Waals surface area (Å²) < 4.78 is 0. The maximum absolute atomic E-state index is 6.02. The van der Waals surface area contributed by atoms with Crippen molar-refractivity contribution in [3.05, 3.63) is 18.2 Å². The van der Waals surface area contributed by atoms with Crippen molar-refractivity contribution >= 4 is 17.1 Å². The predicted octanol–water partition coefficient (Wildman–Crippen LogP) is 2.33. The predicted molar refractivity (Wildman–Crippen MR) is 70.4 cm³/mol. The molecule has 0 spiro atoms. The fourth-order valence-electron chi connectivity index (χ4n) is 2.72. The topological polar surface area (TPSA) is 55.3 Å². The SMILES string of the molecule is C[C@@H]1C[C@H](C)CN(c2ccc(N)cc2N)C1. The van der Waals surface area contributed by atoms with Crippen LogP contribution in [0.1, 0.15) is 20.3 Å². The van der Waals surface area contributed by atoms with E-state index in [0.717, 1.165) is 42.0 Å². The van der Waals surface area contributed by atoms with Crippen LogP contribution < -0.4 is 16.4 Å². The van der Waals surface area contributed by atoms with Crippen LogP contribution in [-0.2, 0) is 0 Å². The highest BCUT2D eigenvalue weighted by molar-refractivity contribution is 5.72. The van der Waals surface area contributed by atoms with Gasteiger partial charge in [-0.2, -0.15) is 0 Å². The molecule has 1 heterocycles. The van der Waals surface area contributed by atoms with Gasteiger partial charge in [-0.25, -0.2) is 0 Å². The molecule has 3 heteroatoms. The minimum atomic E-state index is 0.736. The molecule has 0 amide bonds. The fourth-order valence-corrected chi connectivity index (χ4v) is 2.72. The van der Waals surface area contributed by atoms with E-state index in [1.165, 1.54) is 6.42 Å². The number of nitrogens with two attached hydrogens (primary N) is 2. The Kier molecular flexibility index (Phi) is 2.95. The Morgan fingerprint density at radius 1 is 1.12 bits per heavy atom. The summed E-state index contributed by atoms with van der Waals surface area (Å²) >= 11 is 0. The lowest BCUT2D eigenvalue weighted by molar-refractivity contribution is 0.357. The highest BCUT2D eigenvalue weighted by atomic mass is 15.1. The Hall–Kier alpha value is -1.38. The maximum atomic E-state index is 6.02. The molecule has 0 aliphatic carbocycles. The molecule has 88 valence electrons. The first-order chi connectivity index (χ1) is 7.56. The second-order valence-corrected chi connectivity index (χ2v) is 5.17. The number of piperidine rings is 1. The lowest BCUT2D eigenvalue weighted by atomic mass is 9.91. The molecule has 1 aromatic carbocycles. The summed E-state index contributed by atoms with van der Waals surface area (Å²) in [5.41, 5.74) is 14.4. The Labute approximate surface area is 97.4 Å². The van der Waals surface area contributed by atoms with Crippen molar-refractivity contribution < 1.29 is 0 Å². The van der Waals surface area contributed by atoms with E-state index >= 15 is 0 Å². The molecular formula is C13H21N3. The van der Waals surface area contributed by atoms with E-state index in [0.29, 0.717) is 0 Å². The molecule has 1 aliphatic rings. The monoisotopic (exact) mass is 219 g/mol. The van der Waals surface area contributed by atoms with Gasteiger partial charge in [-0.1, -0.05) is 13.8 Å². The van der Waals surface area contributed by atoms with Crippen molar-refractivity contribution in [2.75, 3.05) is 29.5 Å². The van der Waals surface area contributed by atoms with E-state index in [4.69, 9.17) is 11.5 Å². The van der Waals surface area contributed by atoms with Gasteiger partial charge in [-0.05, 0) is 36.5 Å². The van der Waals surface area contributed by atoms with E-state index in [1.54, 1.807) is 0 Å². The molecule has 0 saturated carbocycles. The fraction of sp³-hybridized carbons (Fsp3) is 0.538. The molecule has 1 fully saturated rings. The van der Waals surface area contributed by atoms with Crippen molar-refractivity contribution in [1.82, 2.24) is 0 Å². The van der Waals surface area contributed by atoms with Gasteiger partial charge < -0.3 is 16.4 Å². The third-order valence-electron chi connectivity index (χ3n) is 3.26. The zero-order valence-electron chi connectivity index (χ0n) is 10.1. The summed E-state index contributed by atoms with van der Waals surface area (Å²) in [6.45, 7) is 6.79. The van der Waals surface area contributed by atoms with Gasteiger partial charge in [-0.3, -0.25) is 0 Å². The smallest absolute Gasteiger partial charge is 0.0601 e. The Morgan fingerprint density at radius 3 is 2.31 bits per heavy atom. The van der Waals surface area contributed by atoms with Gasteiger partial charge in [0.05, 0.1) is 11.4 Å². The van der Waals surface area contributed by atoms with Crippen molar-refractivity contribution in [3.63, 3.8) is 0 Å². The number of benzene rings is 1. The molecule has 0 aromatic heterocycles. The summed E-state index contributed by atoms with van der Waals surface area (Å²) in [5, 5.41) is 0. The highest BCUT2D eigenvalue weighted by Gasteiger charge is 2.22. The van der Waals surface area contributed by atoms with E-state index in [9.17, 15) is 0 Å². The molecule has 0 bridgehead atoms. The second-order valence-electron chi connectivity index (χ2n) is 5.17. The van der Waals surface area contributed by atoms with Gasteiger partial charge in [0.15, 0.2) is 0 Å². The average Bonchev–Trinajstić information content (AvgIpc) is 2.15. The number of hydrogen-bond donors (Lipinski definition) is 2. The zero-order chi connectivity index (χ0) is 11.7. The third-order valence-corrected chi connectivity index (χ3v) is 3.26. The van der Waals surface area contributed by atoms with Crippen molar-refractivity contribution in [2.45, 2.75) is 20.3 Å². The molecule has 3 nitrogen and oxygen atoms in total. The van der Waals surface area contributed by atoms with Gasteiger partial charge in [0.2, 0.25) is 0 Å². The van der Waals surface area contributed by atoms with Crippen molar-refractivity contribution in [1.29, 1.82) is 0 Å². The van der Waals surface area contributed by atoms with Crippen LogP contribution in [-0.4, -0.2) is 13.1 Å². The van der Waals surface area contributed by atoms with Gasteiger partial charge in [0.25, 0.3) is 0 Å². The summed E-state index contributed by atoms with van der Waals surface area (Å²) in [6.07, 6.45) is 1.31. The number of anilines is 3. The Bertz CT molecular complexity index is 365. The van der Waals surface area contributed by atoms with Crippen LogP contribution >= 0.6 is 0 Å². The Balaban J connectivity index is 2.23. The number of rotatable bonds is 1. The minimum Gasteiger partial charge on any atom is -0.399 e. The van der Waals surface area contributed by atoms with E-state index in [2.05, 4.69) is 18.7 Å². The maximum Gasteiger partial charge on any atom is 0.0601 e. The summed E-state index contributed by atoms with van der Waals surface area (Å²) in [6, 6.07) is 5.81. The summed E-state index contributed by atoms with van der Waals surface area (Å²) in [7, 11) is 0. The molecule has 16 heavy (non-hydrogen) atoms. The number of hydrogen-bond acceptors (Lipinski definition) is 3. The van der Waals surface area contributed by atoms with E-state index in [-0.39, 0.29) is 0 Å². The first kappa shape index (κ1) is 11.1. The zero-order valence-corrected chi connectivity index (χ0v) is 10.1. The van der Waals surface area contributed by atoms with Crippen LogP contribution in [0.25, 0.3) is 0 Å². The van der Waals surface area contributed by atoms with Crippen LogP contribution in [0, 0.1) is 11.8 Å². The summed E-state index contributed by atoms with van der Waals surface area (Å²) in [5.74, 6) is 1.47. The van der Waals surface area contributed by atoms with Crippen molar-refractivity contribution in [3.8, 4) is 0 Å². The third kappa shape index (κ3) is 2.23. The van der Waals surface area contributed by atoms with Crippen LogP contribution in [0.15, 0.2) is 18.2 Å². The summed E-state index contributed by atoms with van der Waals surface area (Å²) in [4.78, 5) is 2.38. The van der Waals surface area contributed by atoms with Crippen LogP contribution in [0.2, 0.25) is 0 Å².